The Balaban J connectivity index is 1.35. The number of nitrogens with zero attached hydrogens (tertiary/aromatic N) is 4. The minimum atomic E-state index is -3.05. The molecule has 1 aromatic carbocycles. The van der Waals surface area contributed by atoms with E-state index in [0.717, 1.165) is 55.2 Å². The van der Waals surface area contributed by atoms with Gasteiger partial charge in [0, 0.05) is 23.7 Å². The van der Waals surface area contributed by atoms with Gasteiger partial charge in [-0.2, -0.15) is 0 Å². The smallest absolute Gasteiger partial charge is 0.233 e. The SMILES string of the molecule is O=C(CSc1nnc(C2CC2)n1-c1ccccc1)N(C1CCCCC1)[C@H]1CCS(=O)(=O)C1. The number of amides is 1. The lowest BCUT2D eigenvalue weighted by Gasteiger charge is -2.38. The van der Waals surface area contributed by atoms with Crippen LogP contribution >= 0.6 is 11.8 Å². The van der Waals surface area contributed by atoms with Gasteiger partial charge in [-0.1, -0.05) is 49.2 Å². The fourth-order valence-electron chi connectivity index (χ4n) is 5.06. The van der Waals surface area contributed by atoms with Crippen LogP contribution in [0.5, 0.6) is 0 Å². The lowest BCUT2D eigenvalue weighted by molar-refractivity contribution is -0.133. The Morgan fingerprint density at radius 3 is 2.41 bits per heavy atom. The number of rotatable bonds is 7. The molecule has 1 atom stereocenters. The summed E-state index contributed by atoms with van der Waals surface area (Å²) >= 11 is 1.42. The third-order valence-corrected chi connectivity index (χ3v) is 9.46. The predicted molar refractivity (Wildman–Crippen MR) is 125 cm³/mol. The molecule has 9 heteroatoms. The second-order valence-corrected chi connectivity index (χ2v) is 12.4. The van der Waals surface area contributed by atoms with Crippen molar-refractivity contribution in [1.82, 2.24) is 19.7 Å². The van der Waals surface area contributed by atoms with E-state index in [1.165, 1.54) is 18.2 Å². The van der Waals surface area contributed by atoms with Crippen LogP contribution in [0.2, 0.25) is 0 Å². The third kappa shape index (κ3) is 4.73. The third-order valence-electron chi connectivity index (χ3n) is 6.80. The molecular weight excluding hydrogens is 444 g/mol. The number of benzene rings is 1. The first-order valence-corrected chi connectivity index (χ1v) is 14.5. The van der Waals surface area contributed by atoms with Crippen LogP contribution in [0.1, 0.15) is 63.1 Å². The zero-order chi connectivity index (χ0) is 22.1. The monoisotopic (exact) mass is 474 g/mol. The number of aromatic nitrogens is 3. The maximum atomic E-state index is 13.5. The van der Waals surface area contributed by atoms with Crippen molar-refractivity contribution in [3.8, 4) is 5.69 Å². The van der Waals surface area contributed by atoms with E-state index in [1.54, 1.807) is 0 Å². The van der Waals surface area contributed by atoms with Crippen molar-refractivity contribution >= 4 is 27.5 Å². The normalized spacial score (nSPS) is 23.3. The van der Waals surface area contributed by atoms with Gasteiger partial charge in [0.1, 0.15) is 5.82 Å². The Morgan fingerprint density at radius 2 is 1.75 bits per heavy atom. The van der Waals surface area contributed by atoms with Gasteiger partial charge in [-0.05, 0) is 44.2 Å². The Morgan fingerprint density at radius 1 is 1.00 bits per heavy atom. The highest BCUT2D eigenvalue weighted by atomic mass is 32.2. The fraction of sp³-hybridized carbons (Fsp3) is 0.609. The highest BCUT2D eigenvalue weighted by molar-refractivity contribution is 7.99. The molecule has 172 valence electrons. The number of para-hydroxylation sites is 1. The number of hydrogen-bond acceptors (Lipinski definition) is 6. The average Bonchev–Trinajstić information content (AvgIpc) is 3.46. The van der Waals surface area contributed by atoms with Crippen molar-refractivity contribution in [2.75, 3.05) is 17.3 Å². The van der Waals surface area contributed by atoms with E-state index in [9.17, 15) is 13.2 Å². The second-order valence-electron chi connectivity index (χ2n) is 9.22. The molecule has 2 saturated carbocycles. The molecule has 2 aliphatic carbocycles. The largest absolute Gasteiger partial charge is 0.335 e. The predicted octanol–water partition coefficient (Wildman–Crippen LogP) is 3.59. The molecule has 3 aliphatic rings. The number of thioether (sulfide) groups is 1. The topological polar surface area (TPSA) is 85.2 Å². The van der Waals surface area contributed by atoms with Crippen LogP contribution in [-0.2, 0) is 14.6 Å². The van der Waals surface area contributed by atoms with E-state index in [-0.39, 0.29) is 35.2 Å². The van der Waals surface area contributed by atoms with Crippen LogP contribution in [0, 0.1) is 0 Å². The number of carbonyl (C=O) groups is 1. The summed E-state index contributed by atoms with van der Waals surface area (Å²) in [5.41, 5.74) is 1.01. The summed E-state index contributed by atoms with van der Waals surface area (Å²) in [4.78, 5) is 15.4. The molecule has 7 nitrogen and oxygen atoms in total. The summed E-state index contributed by atoms with van der Waals surface area (Å²) in [7, 11) is -3.05. The van der Waals surface area contributed by atoms with Gasteiger partial charge in [-0.15, -0.1) is 10.2 Å². The fourth-order valence-corrected chi connectivity index (χ4v) is 7.60. The van der Waals surface area contributed by atoms with E-state index in [2.05, 4.69) is 14.8 Å². The minimum absolute atomic E-state index is 0.0274. The molecule has 0 bridgehead atoms. The lowest BCUT2D eigenvalue weighted by Crippen LogP contribution is -2.49. The zero-order valence-corrected chi connectivity index (χ0v) is 19.9. The number of carbonyl (C=O) groups excluding carboxylic acids is 1. The molecule has 5 rings (SSSR count). The van der Waals surface area contributed by atoms with Gasteiger partial charge < -0.3 is 4.90 Å². The Bertz CT molecular complexity index is 1060. The average molecular weight is 475 g/mol. The first kappa shape index (κ1) is 21.9. The van der Waals surface area contributed by atoms with Crippen LogP contribution in [-0.4, -0.2) is 63.3 Å². The first-order valence-electron chi connectivity index (χ1n) is 11.7. The van der Waals surface area contributed by atoms with Crippen molar-refractivity contribution in [3.05, 3.63) is 36.2 Å². The lowest BCUT2D eigenvalue weighted by atomic mass is 9.93. The van der Waals surface area contributed by atoms with Crippen LogP contribution in [0.4, 0.5) is 0 Å². The highest BCUT2D eigenvalue weighted by Crippen LogP contribution is 2.41. The summed E-state index contributed by atoms with van der Waals surface area (Å²) in [6.45, 7) is 0. The summed E-state index contributed by atoms with van der Waals surface area (Å²) in [5.74, 6) is 1.98. The van der Waals surface area contributed by atoms with Crippen LogP contribution in [0.3, 0.4) is 0 Å². The Kier molecular flexibility index (Phi) is 6.29. The molecular formula is C23H30N4O3S2. The first-order chi connectivity index (χ1) is 15.5. The summed E-state index contributed by atoms with van der Waals surface area (Å²) < 4.78 is 26.4. The van der Waals surface area contributed by atoms with E-state index < -0.39 is 9.84 Å². The molecule has 32 heavy (non-hydrogen) atoms. The summed E-state index contributed by atoms with van der Waals surface area (Å²) in [6.07, 6.45) is 8.15. The van der Waals surface area contributed by atoms with Gasteiger partial charge in [0.2, 0.25) is 5.91 Å². The van der Waals surface area contributed by atoms with Crippen molar-refractivity contribution in [1.29, 1.82) is 0 Å². The van der Waals surface area contributed by atoms with E-state index in [0.29, 0.717) is 12.3 Å². The van der Waals surface area contributed by atoms with E-state index >= 15 is 0 Å². The van der Waals surface area contributed by atoms with Crippen LogP contribution in [0.25, 0.3) is 5.69 Å². The van der Waals surface area contributed by atoms with Gasteiger partial charge in [-0.3, -0.25) is 9.36 Å². The minimum Gasteiger partial charge on any atom is -0.335 e. The summed E-state index contributed by atoms with van der Waals surface area (Å²) in [6, 6.07) is 10.0. The molecule has 3 fully saturated rings. The van der Waals surface area contributed by atoms with Crippen LogP contribution < -0.4 is 0 Å². The quantitative estimate of drug-likeness (QED) is 0.570. The molecule has 0 spiro atoms. The van der Waals surface area contributed by atoms with Gasteiger partial charge in [0.25, 0.3) is 0 Å². The van der Waals surface area contributed by atoms with Crippen molar-refractivity contribution < 1.29 is 13.2 Å². The molecule has 1 saturated heterocycles. The van der Waals surface area contributed by atoms with E-state index in [4.69, 9.17) is 0 Å². The van der Waals surface area contributed by atoms with Gasteiger partial charge in [0.15, 0.2) is 15.0 Å². The Labute approximate surface area is 193 Å². The van der Waals surface area contributed by atoms with Gasteiger partial charge in [0.05, 0.1) is 17.3 Å². The van der Waals surface area contributed by atoms with Crippen molar-refractivity contribution in [2.45, 2.75) is 74.5 Å². The molecule has 1 aliphatic heterocycles. The highest BCUT2D eigenvalue weighted by Gasteiger charge is 2.38. The zero-order valence-electron chi connectivity index (χ0n) is 18.2. The van der Waals surface area contributed by atoms with Gasteiger partial charge in [-0.25, -0.2) is 8.42 Å². The van der Waals surface area contributed by atoms with E-state index in [1.807, 2.05) is 35.2 Å². The maximum Gasteiger partial charge on any atom is 0.233 e. The van der Waals surface area contributed by atoms with Crippen molar-refractivity contribution in [2.24, 2.45) is 0 Å². The standard InChI is InChI=1S/C23H30N4O3S2/c28-21(26(18-7-3-1-4-8-18)20-13-14-32(29,30)16-20)15-31-23-25-24-22(17-11-12-17)27(23)19-9-5-2-6-10-19/h2,5-6,9-10,17-18,20H,1,3-4,7-8,11-16H2/t20-/m0/s1. The van der Waals surface area contributed by atoms with Crippen molar-refractivity contribution in [3.63, 3.8) is 0 Å². The number of sulfone groups is 1. The second kappa shape index (κ2) is 9.17. The molecule has 2 heterocycles. The maximum absolute atomic E-state index is 13.5. The molecule has 0 unspecified atom stereocenters. The molecule has 0 radical (unpaired) electrons. The Hall–Kier alpha value is -1.87. The van der Waals surface area contributed by atoms with Crippen LogP contribution in [0.15, 0.2) is 35.5 Å². The molecule has 1 aromatic heterocycles. The molecule has 2 aromatic rings. The number of hydrogen-bond donors (Lipinski definition) is 0. The molecule has 1 amide bonds. The molecule has 0 N–H and O–H groups in total. The summed E-state index contributed by atoms with van der Waals surface area (Å²) in [5, 5.41) is 9.61. The van der Waals surface area contributed by atoms with Gasteiger partial charge >= 0.3 is 0 Å².